The summed E-state index contributed by atoms with van der Waals surface area (Å²) in [7, 11) is 0. The van der Waals surface area contributed by atoms with Crippen LogP contribution in [0.1, 0.15) is 80.7 Å². The first kappa shape index (κ1) is 50.4. The Bertz CT molecular complexity index is 2730. The summed E-state index contributed by atoms with van der Waals surface area (Å²) in [5.41, 5.74) is 8.91. The number of unbranched alkanes of at least 4 members (excludes halogenated alkanes) is 1. The number of aromatic nitrogens is 4. The van der Waals surface area contributed by atoms with E-state index in [1.165, 1.54) is 53.5 Å². The first-order chi connectivity index (χ1) is 31.5. The molecule has 8 rings (SSSR count). The van der Waals surface area contributed by atoms with E-state index in [1.807, 2.05) is 36.4 Å². The average molecular weight is 1150 g/mol. The molecule has 3 aromatic carbocycles. The number of thioether (sulfide) groups is 1. The van der Waals surface area contributed by atoms with Gasteiger partial charge in [0.25, 0.3) is 5.56 Å². The van der Waals surface area contributed by atoms with Gasteiger partial charge in [0.15, 0.2) is 11.4 Å². The van der Waals surface area contributed by atoms with Crippen molar-refractivity contribution in [1.82, 2.24) is 35.3 Å². The number of phenolic OH excluding ortho intramolecular Hbond substituents is 1. The Morgan fingerprint density at radius 3 is 2.36 bits per heavy atom. The van der Waals surface area contributed by atoms with Gasteiger partial charge in [-0.2, -0.15) is 5.10 Å². The second kappa shape index (κ2) is 22.2. The minimum Gasteiger partial charge on any atom is -0.508 e. The molecule has 0 saturated carbocycles. The average Bonchev–Trinajstić information content (AvgIpc) is 4.00. The lowest BCUT2D eigenvalue weighted by atomic mass is 9.95. The molecule has 3 aromatic heterocycles. The number of aromatic hydroxyl groups is 1. The summed E-state index contributed by atoms with van der Waals surface area (Å²) in [6.07, 6.45) is 5.60. The number of H-pyrrole nitrogens is 2. The van der Waals surface area contributed by atoms with E-state index in [2.05, 4.69) is 96.3 Å². The van der Waals surface area contributed by atoms with Gasteiger partial charge < -0.3 is 45.2 Å². The van der Waals surface area contributed by atoms with Crippen LogP contribution in [0, 0.1) is 7.14 Å². The number of ketones is 1. The minimum absolute atomic E-state index is 0.0153. The van der Waals surface area contributed by atoms with Gasteiger partial charge in [0.05, 0.1) is 25.2 Å². The zero-order chi connectivity index (χ0) is 47.9. The number of carbonyl (C=O) groups excluding carboxylic acids is 3. The lowest BCUT2D eigenvalue weighted by Crippen LogP contribution is -2.71. The number of hydrogen-bond acceptors (Lipinski definition) is 13. The van der Waals surface area contributed by atoms with Crippen LogP contribution in [-0.2, 0) is 20.8 Å². The number of benzene rings is 3. The van der Waals surface area contributed by atoms with Gasteiger partial charge >= 0.3 is 5.97 Å². The zero-order valence-electron chi connectivity index (χ0n) is 37.0. The van der Waals surface area contributed by atoms with E-state index < -0.39 is 46.0 Å². The van der Waals surface area contributed by atoms with Gasteiger partial charge in [-0.3, -0.25) is 24.3 Å². The van der Waals surface area contributed by atoms with Crippen molar-refractivity contribution in [2.45, 2.75) is 82.1 Å². The van der Waals surface area contributed by atoms with Crippen molar-refractivity contribution >= 4 is 103 Å². The van der Waals surface area contributed by atoms with Crippen molar-refractivity contribution in [3.05, 3.63) is 113 Å². The molecule has 2 aliphatic heterocycles. The van der Waals surface area contributed by atoms with Crippen molar-refractivity contribution in [2.24, 2.45) is 5.73 Å². The molecule has 66 heavy (non-hydrogen) atoms. The number of amides is 2. The molecule has 20 heteroatoms. The van der Waals surface area contributed by atoms with Gasteiger partial charge in [-0.1, -0.05) is 57.5 Å². The summed E-state index contributed by atoms with van der Waals surface area (Å²) in [4.78, 5) is 70.5. The fourth-order valence-corrected chi connectivity index (χ4v) is 11.4. The van der Waals surface area contributed by atoms with Crippen LogP contribution in [0.4, 0.5) is 0 Å². The topological polar surface area (TPSA) is 250 Å². The number of fused-ring (bicyclic) bond motifs is 3. The molecular weight excluding hydrogens is 1090 g/mol. The number of ether oxygens (including phenoxy) is 1. The number of halogens is 2. The minimum atomic E-state index is -1.06. The Balaban J connectivity index is 0.000000182. The van der Waals surface area contributed by atoms with Gasteiger partial charge in [-0.25, -0.2) is 9.78 Å². The fourth-order valence-electron chi connectivity index (χ4n) is 7.65. The number of carboxylic acid groups (broad SMARTS) is 1. The Kier molecular flexibility index (Phi) is 16.9. The number of para-hydroxylation sites is 1. The van der Waals surface area contributed by atoms with E-state index in [-0.39, 0.29) is 17.1 Å². The number of furan rings is 1. The standard InChI is InChI=1S/C25H29I2NO3.C16H19N3O5S.C5H4N4O/c1-4-7-11-22-23(18-10-8-9-12-21(18)31-22)24(29)17-15-19(26)25(20(27)16-17)30-14-13-28(5-2)6-3;1-16(2)11(15(23)24)19-13(22)10(14(19)25-16)18-12(21)9(17)7-3-5-8(20)6-4-7;10-5-3-1-8-9-4(3)6-2-7-5/h8-10,12,15-16H,4-7,11,13-14H2,1-3H3;3-6,9-11,14,20H,17H2,1-2H3,(H,18,21)(H,23,24);1-2H,(H2,6,7,8,9,10)/t;9-,10-,11+,14-;/m.1./s1. The number of β-lactam (4-membered cyclic amide) rings is 1. The summed E-state index contributed by atoms with van der Waals surface area (Å²) in [5.74, 6) is -0.278. The second-order valence-corrected chi connectivity index (χ2v) is 20.1. The van der Waals surface area contributed by atoms with Crippen LogP contribution in [0.25, 0.3) is 22.0 Å². The summed E-state index contributed by atoms with van der Waals surface area (Å²) in [6.45, 7) is 13.6. The Hall–Kier alpha value is -5.04. The third-order valence-electron chi connectivity index (χ3n) is 11.2. The van der Waals surface area contributed by atoms with Gasteiger partial charge in [0, 0.05) is 28.7 Å². The van der Waals surface area contributed by atoms with Crippen LogP contribution in [-0.4, -0.2) is 112 Å². The maximum absolute atomic E-state index is 13.6. The predicted octanol–water partition coefficient (Wildman–Crippen LogP) is 6.61. The lowest BCUT2D eigenvalue weighted by Gasteiger charge is -2.43. The van der Waals surface area contributed by atoms with Gasteiger partial charge in [-0.15, -0.1) is 11.8 Å². The van der Waals surface area contributed by atoms with Crippen molar-refractivity contribution in [3.8, 4) is 11.5 Å². The number of hydrogen-bond donors (Lipinski definition) is 6. The number of phenols is 1. The van der Waals surface area contributed by atoms with Crippen LogP contribution in [0.5, 0.6) is 11.5 Å². The number of aromatic amines is 2. The smallest absolute Gasteiger partial charge is 0.327 e. The third kappa shape index (κ3) is 11.2. The molecule has 5 heterocycles. The number of aliphatic carboxylic acids is 1. The lowest BCUT2D eigenvalue weighted by molar-refractivity contribution is -0.161. The predicted molar refractivity (Wildman–Crippen MR) is 269 cm³/mol. The van der Waals surface area contributed by atoms with E-state index in [4.69, 9.17) is 14.9 Å². The Morgan fingerprint density at radius 1 is 1.05 bits per heavy atom. The van der Waals surface area contributed by atoms with Crippen LogP contribution in [0.3, 0.4) is 0 Å². The number of likely N-dealkylation sites (N-methyl/N-ethyl adjacent to an activating group) is 1. The van der Waals surface area contributed by atoms with E-state index >= 15 is 0 Å². The molecule has 0 radical (unpaired) electrons. The van der Waals surface area contributed by atoms with Gasteiger partial charge in [0.1, 0.15) is 58.3 Å². The third-order valence-corrected chi connectivity index (χ3v) is 14.4. The molecule has 0 aliphatic carbocycles. The van der Waals surface area contributed by atoms with Crippen molar-refractivity contribution < 1.29 is 38.5 Å². The molecule has 2 fully saturated rings. The highest BCUT2D eigenvalue weighted by Crippen LogP contribution is 2.50. The fraction of sp³-hybridized carbons (Fsp3) is 0.370. The van der Waals surface area contributed by atoms with E-state index in [0.29, 0.717) is 34.3 Å². The van der Waals surface area contributed by atoms with Crippen molar-refractivity contribution in [1.29, 1.82) is 0 Å². The monoisotopic (exact) mass is 1150 g/mol. The number of aryl methyl sites for hydroxylation is 1. The molecule has 0 spiro atoms. The highest BCUT2D eigenvalue weighted by atomic mass is 127. The largest absolute Gasteiger partial charge is 0.508 e. The maximum Gasteiger partial charge on any atom is 0.327 e. The first-order valence-electron chi connectivity index (χ1n) is 21.3. The first-order valence-corrected chi connectivity index (χ1v) is 24.4. The number of nitrogens with one attached hydrogen (secondary N) is 3. The molecule has 0 unspecified atom stereocenters. The SMILES string of the molecule is CC1(C)S[C@@H]2[C@H](NC(=O)[C@H](N)c3ccc(O)cc3)C(=O)N2[C@H]1C(=O)O.CCCCc1oc2ccccc2c1C(=O)c1cc(I)c(OCCN(CC)CC)c(I)c1.O=c1[nH]cnc2[nH]ncc12. The molecule has 6 aromatic rings. The van der Waals surface area contributed by atoms with Gasteiger partial charge in [-0.05, 0) is 114 Å². The van der Waals surface area contributed by atoms with Crippen LogP contribution in [0.15, 0.2) is 82.4 Å². The molecule has 7 N–H and O–H groups in total. The second-order valence-electron chi connectivity index (χ2n) is 16.0. The van der Waals surface area contributed by atoms with Crippen molar-refractivity contribution in [3.63, 3.8) is 0 Å². The molecular formula is C46H52I2N8O9S. The zero-order valence-corrected chi connectivity index (χ0v) is 42.1. The molecule has 4 atom stereocenters. The summed E-state index contributed by atoms with van der Waals surface area (Å²) < 4.78 is 13.4. The normalized spacial score (nSPS) is 17.6. The molecule has 350 valence electrons. The summed E-state index contributed by atoms with van der Waals surface area (Å²) in [5, 5.41) is 28.5. The number of carbonyl (C=O) groups is 4. The van der Waals surface area contributed by atoms with Crippen LogP contribution in [0.2, 0.25) is 0 Å². The molecule has 2 amide bonds. The summed E-state index contributed by atoms with van der Waals surface area (Å²) in [6, 6.07) is 14.9. The number of carboxylic acids is 1. The highest BCUT2D eigenvalue weighted by molar-refractivity contribution is 14.1. The van der Waals surface area contributed by atoms with Crippen LogP contribution < -0.4 is 21.3 Å². The maximum atomic E-state index is 13.6. The van der Waals surface area contributed by atoms with Crippen molar-refractivity contribution in [2.75, 3.05) is 26.2 Å². The molecule has 2 aliphatic rings. The molecule has 2 saturated heterocycles. The number of nitrogens with zero attached hydrogens (tertiary/aromatic N) is 4. The molecule has 17 nitrogen and oxygen atoms in total. The van der Waals surface area contributed by atoms with Crippen LogP contribution >= 0.6 is 56.9 Å². The summed E-state index contributed by atoms with van der Waals surface area (Å²) >= 11 is 5.89. The van der Waals surface area contributed by atoms with E-state index in [9.17, 15) is 34.2 Å². The van der Waals surface area contributed by atoms with E-state index in [0.717, 1.165) is 68.5 Å². The Labute approximate surface area is 412 Å². The Morgan fingerprint density at radius 2 is 1.73 bits per heavy atom. The van der Waals surface area contributed by atoms with E-state index in [1.54, 1.807) is 13.8 Å². The quantitative estimate of drug-likeness (QED) is 0.0360. The highest BCUT2D eigenvalue weighted by Gasteiger charge is 2.64. The molecule has 0 bridgehead atoms. The van der Waals surface area contributed by atoms with Gasteiger partial charge in [0.2, 0.25) is 11.8 Å². The number of rotatable bonds is 15. The number of nitrogens with two attached hydrogens (primary N) is 1.